The van der Waals surface area contributed by atoms with Gasteiger partial charge >= 0.3 is 0 Å². The average Bonchev–Trinajstić information content (AvgIpc) is 3.38. The summed E-state index contributed by atoms with van der Waals surface area (Å²) in [5.41, 5.74) is 2.25. The van der Waals surface area contributed by atoms with Crippen LogP contribution in [-0.4, -0.2) is 27.3 Å². The van der Waals surface area contributed by atoms with Crippen molar-refractivity contribution in [2.45, 2.75) is 29.5 Å². The van der Waals surface area contributed by atoms with E-state index in [9.17, 15) is 0 Å². The van der Waals surface area contributed by atoms with Gasteiger partial charge in [-0.1, -0.05) is 0 Å². The predicted octanol–water partition coefficient (Wildman–Crippen LogP) is 4.39. The van der Waals surface area contributed by atoms with Crippen molar-refractivity contribution < 1.29 is 9.15 Å². The zero-order valence-corrected chi connectivity index (χ0v) is 15.6. The highest BCUT2D eigenvalue weighted by Crippen LogP contribution is 2.41. The minimum Gasteiger partial charge on any atom is -0.497 e. The molecule has 0 saturated carbocycles. The number of benzene rings is 1. The molecule has 0 atom stereocenters. The Labute approximate surface area is 157 Å². The molecule has 1 aliphatic carbocycles. The van der Waals surface area contributed by atoms with Gasteiger partial charge in [0.15, 0.2) is 0 Å². The van der Waals surface area contributed by atoms with Crippen LogP contribution in [-0.2, 0) is 12.8 Å². The van der Waals surface area contributed by atoms with Crippen LogP contribution < -0.4 is 4.74 Å². The van der Waals surface area contributed by atoms with Gasteiger partial charge in [0.2, 0.25) is 5.89 Å². The largest absolute Gasteiger partial charge is 0.497 e. The highest BCUT2D eigenvalue weighted by atomic mass is 32.2. The summed E-state index contributed by atoms with van der Waals surface area (Å²) in [5, 5.41) is 10.9. The number of aryl methyl sites for hydroxylation is 2. The number of ether oxygens (including phenoxy) is 1. The number of fused-ring (bicyclic) bond motifs is 3. The number of nitrogens with zero attached hydrogens (tertiary/aromatic N) is 4. The van der Waals surface area contributed by atoms with Gasteiger partial charge in [-0.25, -0.2) is 9.97 Å². The fourth-order valence-corrected chi connectivity index (χ4v) is 5.24. The van der Waals surface area contributed by atoms with Crippen LogP contribution in [0.15, 0.2) is 45.3 Å². The van der Waals surface area contributed by atoms with Crippen molar-refractivity contribution in [3.63, 3.8) is 0 Å². The molecule has 0 fully saturated rings. The maximum Gasteiger partial charge on any atom is 0.283 e. The molecule has 130 valence electrons. The molecular formula is C18H14N4O2S2. The molecule has 5 rings (SSSR count). The van der Waals surface area contributed by atoms with Gasteiger partial charge in [-0.05, 0) is 60.9 Å². The van der Waals surface area contributed by atoms with Crippen LogP contribution in [0.1, 0.15) is 16.9 Å². The lowest BCUT2D eigenvalue weighted by Gasteiger charge is -2.00. The Morgan fingerprint density at radius 2 is 2.00 bits per heavy atom. The highest BCUT2D eigenvalue weighted by Gasteiger charge is 2.22. The Hall–Kier alpha value is -2.45. The summed E-state index contributed by atoms with van der Waals surface area (Å²) in [6.07, 6.45) is 5.05. The van der Waals surface area contributed by atoms with Crippen molar-refractivity contribution >= 4 is 33.3 Å². The van der Waals surface area contributed by atoms with Gasteiger partial charge in [0.05, 0.1) is 7.11 Å². The maximum atomic E-state index is 5.83. The number of rotatable bonds is 4. The fourth-order valence-electron chi connectivity index (χ4n) is 3.16. The maximum absolute atomic E-state index is 5.83. The Morgan fingerprint density at radius 1 is 1.12 bits per heavy atom. The summed E-state index contributed by atoms with van der Waals surface area (Å²) in [6.45, 7) is 0. The molecular weight excluding hydrogens is 368 g/mol. The van der Waals surface area contributed by atoms with Crippen LogP contribution in [0.4, 0.5) is 0 Å². The summed E-state index contributed by atoms with van der Waals surface area (Å²) < 4.78 is 11.0. The summed E-state index contributed by atoms with van der Waals surface area (Å²) in [5.74, 6) is 1.27. The van der Waals surface area contributed by atoms with Crippen LogP contribution in [0.5, 0.6) is 5.75 Å². The Balaban J connectivity index is 1.47. The molecule has 0 N–H and O–H groups in total. The molecule has 3 aromatic heterocycles. The van der Waals surface area contributed by atoms with Gasteiger partial charge in [-0.2, -0.15) is 0 Å². The second kappa shape index (κ2) is 6.37. The van der Waals surface area contributed by atoms with E-state index in [0.717, 1.165) is 39.4 Å². The van der Waals surface area contributed by atoms with Crippen LogP contribution >= 0.6 is 23.1 Å². The van der Waals surface area contributed by atoms with Crippen LogP contribution in [0.2, 0.25) is 0 Å². The molecule has 1 aromatic carbocycles. The topological polar surface area (TPSA) is 73.9 Å². The van der Waals surface area contributed by atoms with Gasteiger partial charge in [-0.15, -0.1) is 21.5 Å². The Morgan fingerprint density at radius 3 is 2.85 bits per heavy atom. The molecule has 0 radical (unpaired) electrons. The van der Waals surface area contributed by atoms with Gasteiger partial charge in [-0.3, -0.25) is 0 Å². The molecule has 6 nitrogen and oxygen atoms in total. The third kappa shape index (κ3) is 2.65. The number of methoxy groups -OCH3 is 1. The highest BCUT2D eigenvalue weighted by molar-refractivity contribution is 7.99. The van der Waals surface area contributed by atoms with Gasteiger partial charge in [0, 0.05) is 15.8 Å². The fraction of sp³-hybridized carbons (Fsp3) is 0.222. The Kier molecular flexibility index (Phi) is 3.86. The minimum absolute atomic E-state index is 0.480. The lowest BCUT2D eigenvalue weighted by molar-refractivity contribution is 0.414. The molecule has 0 unspecified atom stereocenters. The summed E-state index contributed by atoms with van der Waals surface area (Å²) in [7, 11) is 1.64. The molecule has 8 heteroatoms. The van der Waals surface area contributed by atoms with Gasteiger partial charge < -0.3 is 9.15 Å². The Bertz CT molecular complexity index is 1090. The first kappa shape index (κ1) is 15.8. The number of aromatic nitrogens is 4. The van der Waals surface area contributed by atoms with Gasteiger partial charge in [0.1, 0.15) is 21.9 Å². The summed E-state index contributed by atoms with van der Waals surface area (Å²) in [4.78, 5) is 11.4. The quantitative estimate of drug-likeness (QED) is 0.485. The first-order chi connectivity index (χ1) is 12.8. The average molecular weight is 382 g/mol. The summed E-state index contributed by atoms with van der Waals surface area (Å²) >= 11 is 3.18. The van der Waals surface area contributed by atoms with E-state index in [1.54, 1.807) is 24.8 Å². The number of thiophene rings is 1. The first-order valence-corrected chi connectivity index (χ1v) is 9.86. The lowest BCUT2D eigenvalue weighted by Crippen LogP contribution is -1.87. The lowest BCUT2D eigenvalue weighted by atomic mass is 10.2. The molecule has 0 bridgehead atoms. The van der Waals surface area contributed by atoms with E-state index in [1.807, 2.05) is 24.3 Å². The molecule has 0 aliphatic heterocycles. The normalized spacial score (nSPS) is 13.3. The third-order valence-corrected chi connectivity index (χ3v) is 6.44. The zero-order valence-electron chi connectivity index (χ0n) is 13.9. The third-order valence-electron chi connectivity index (χ3n) is 4.39. The molecule has 0 amide bonds. The second-order valence-corrected chi connectivity index (χ2v) is 7.94. The molecule has 0 spiro atoms. The first-order valence-electron chi connectivity index (χ1n) is 8.23. The van der Waals surface area contributed by atoms with E-state index in [1.165, 1.54) is 28.6 Å². The van der Waals surface area contributed by atoms with E-state index in [4.69, 9.17) is 9.15 Å². The number of hydrogen-bond acceptors (Lipinski definition) is 8. The molecule has 1 aliphatic rings. The monoisotopic (exact) mass is 382 g/mol. The van der Waals surface area contributed by atoms with E-state index in [0.29, 0.717) is 11.1 Å². The van der Waals surface area contributed by atoms with E-state index in [-0.39, 0.29) is 0 Å². The van der Waals surface area contributed by atoms with Crippen molar-refractivity contribution in [3.05, 3.63) is 41.0 Å². The standard InChI is InChI=1S/C18H14N4O2S2/c1-23-11-7-5-10(6-8-11)15-21-22-18(24-15)26-17-14-12-3-2-4-13(12)25-16(14)19-9-20-17/h5-9H,2-4H2,1H3. The van der Waals surface area contributed by atoms with Crippen molar-refractivity contribution in [3.8, 4) is 17.2 Å². The van der Waals surface area contributed by atoms with Crippen molar-refractivity contribution in [2.75, 3.05) is 7.11 Å². The van der Waals surface area contributed by atoms with E-state index >= 15 is 0 Å². The van der Waals surface area contributed by atoms with Gasteiger partial charge in [0.25, 0.3) is 5.22 Å². The van der Waals surface area contributed by atoms with Crippen LogP contribution in [0.3, 0.4) is 0 Å². The predicted molar refractivity (Wildman–Crippen MR) is 99.8 cm³/mol. The molecule has 4 aromatic rings. The molecule has 0 saturated heterocycles. The van der Waals surface area contributed by atoms with E-state index < -0.39 is 0 Å². The minimum atomic E-state index is 0.480. The van der Waals surface area contributed by atoms with Crippen molar-refractivity contribution in [1.82, 2.24) is 20.2 Å². The smallest absolute Gasteiger partial charge is 0.283 e. The van der Waals surface area contributed by atoms with Crippen molar-refractivity contribution in [2.24, 2.45) is 0 Å². The molecule has 26 heavy (non-hydrogen) atoms. The second-order valence-electron chi connectivity index (χ2n) is 5.92. The molecule has 3 heterocycles. The zero-order chi connectivity index (χ0) is 17.5. The van der Waals surface area contributed by atoms with Crippen molar-refractivity contribution in [1.29, 1.82) is 0 Å². The van der Waals surface area contributed by atoms with E-state index in [2.05, 4.69) is 20.2 Å². The summed E-state index contributed by atoms with van der Waals surface area (Å²) in [6, 6.07) is 7.54. The SMILES string of the molecule is COc1ccc(-c2nnc(Sc3ncnc4sc5c(c34)CCC5)o2)cc1. The van der Waals surface area contributed by atoms with Crippen LogP contribution in [0, 0.1) is 0 Å². The number of hydrogen-bond donors (Lipinski definition) is 0. The van der Waals surface area contributed by atoms with Crippen LogP contribution in [0.25, 0.3) is 21.7 Å².